The summed E-state index contributed by atoms with van der Waals surface area (Å²) in [6.07, 6.45) is 6.99. The fourth-order valence-electron chi connectivity index (χ4n) is 4.05. The highest BCUT2D eigenvalue weighted by molar-refractivity contribution is 6.61. The standard InChI is InChI=1S/C24H35BN2O4/c1-6-24(4,5)31-25(30-8-3)19-14-11-15-20(16-19)27-22(18-12-9-10-13-18)21(17-26-27)23(28)29-7-2/h11,14-18H,6-10,12-13H2,1-5H3. The first-order valence-electron chi connectivity index (χ1n) is 11.5. The van der Waals surface area contributed by atoms with Crippen molar-refractivity contribution >= 4 is 18.6 Å². The minimum absolute atomic E-state index is 0.298. The number of nitrogens with zero attached hydrogens (tertiary/aromatic N) is 2. The minimum Gasteiger partial charge on any atom is -0.462 e. The van der Waals surface area contributed by atoms with E-state index in [1.54, 1.807) is 6.20 Å². The third-order valence-electron chi connectivity index (χ3n) is 6.03. The molecule has 0 atom stereocenters. The van der Waals surface area contributed by atoms with Crippen LogP contribution in [-0.2, 0) is 14.0 Å². The Labute approximate surface area is 186 Å². The van der Waals surface area contributed by atoms with Crippen molar-refractivity contribution in [1.82, 2.24) is 9.78 Å². The number of hydrogen-bond donors (Lipinski definition) is 0. The Morgan fingerprint density at radius 2 is 1.94 bits per heavy atom. The number of carbonyl (C=O) groups is 1. The molecular formula is C24H35BN2O4. The summed E-state index contributed by atoms with van der Waals surface area (Å²) in [4.78, 5) is 12.6. The van der Waals surface area contributed by atoms with Gasteiger partial charge in [-0.3, -0.25) is 0 Å². The van der Waals surface area contributed by atoms with E-state index >= 15 is 0 Å². The zero-order valence-electron chi connectivity index (χ0n) is 19.5. The summed E-state index contributed by atoms with van der Waals surface area (Å²) >= 11 is 0. The Hall–Kier alpha value is -2.12. The van der Waals surface area contributed by atoms with Gasteiger partial charge in [0.2, 0.25) is 0 Å². The van der Waals surface area contributed by atoms with E-state index < -0.39 is 7.12 Å². The molecule has 1 aromatic carbocycles. The van der Waals surface area contributed by atoms with Crippen LogP contribution in [0, 0.1) is 0 Å². The third-order valence-corrected chi connectivity index (χ3v) is 6.03. The lowest BCUT2D eigenvalue weighted by Crippen LogP contribution is -2.43. The summed E-state index contributed by atoms with van der Waals surface area (Å²) in [5.41, 5.74) is 3.07. The summed E-state index contributed by atoms with van der Waals surface area (Å²) in [6.45, 7) is 10.9. The second-order valence-corrected chi connectivity index (χ2v) is 8.67. The van der Waals surface area contributed by atoms with Crippen LogP contribution in [0.5, 0.6) is 0 Å². The van der Waals surface area contributed by atoms with Crippen LogP contribution in [0.3, 0.4) is 0 Å². The predicted octanol–water partition coefficient (Wildman–Crippen LogP) is 4.64. The minimum atomic E-state index is -0.463. The van der Waals surface area contributed by atoms with Gasteiger partial charge in [0.05, 0.1) is 24.2 Å². The van der Waals surface area contributed by atoms with Crippen molar-refractivity contribution in [2.45, 2.75) is 78.2 Å². The first-order valence-corrected chi connectivity index (χ1v) is 11.5. The average molecular weight is 426 g/mol. The van der Waals surface area contributed by atoms with Gasteiger partial charge in [0.1, 0.15) is 5.56 Å². The summed E-state index contributed by atoms with van der Waals surface area (Å²) in [7, 11) is -0.463. The molecule has 0 unspecified atom stereocenters. The molecule has 31 heavy (non-hydrogen) atoms. The molecule has 0 saturated heterocycles. The Balaban J connectivity index is 2.00. The Bertz CT molecular complexity index is 874. The number of hydrogen-bond acceptors (Lipinski definition) is 5. The SMILES string of the molecule is CCOB(OC(C)(C)CC)c1cccc(-n2ncc(C(=O)OCC)c2C2CCCC2)c1. The van der Waals surface area contributed by atoms with Gasteiger partial charge >= 0.3 is 13.1 Å². The molecule has 6 nitrogen and oxygen atoms in total. The normalized spacial score (nSPS) is 14.7. The van der Waals surface area contributed by atoms with E-state index in [1.807, 2.05) is 42.8 Å². The molecule has 0 spiro atoms. The lowest BCUT2D eigenvalue weighted by atomic mass is 9.77. The number of esters is 1. The van der Waals surface area contributed by atoms with Crippen LogP contribution in [0.25, 0.3) is 5.69 Å². The highest BCUT2D eigenvalue weighted by Gasteiger charge is 2.31. The number of carbonyl (C=O) groups excluding carboxylic acids is 1. The Kier molecular flexibility index (Phi) is 7.95. The van der Waals surface area contributed by atoms with E-state index in [-0.39, 0.29) is 11.6 Å². The van der Waals surface area contributed by atoms with Crippen molar-refractivity contribution in [3.63, 3.8) is 0 Å². The van der Waals surface area contributed by atoms with Gasteiger partial charge < -0.3 is 14.0 Å². The van der Waals surface area contributed by atoms with Crippen molar-refractivity contribution in [1.29, 1.82) is 0 Å². The molecular weight excluding hydrogens is 391 g/mol. The molecule has 168 valence electrons. The number of rotatable bonds is 10. The molecule has 0 N–H and O–H groups in total. The number of ether oxygens (including phenoxy) is 1. The summed E-state index contributed by atoms with van der Waals surface area (Å²) in [6, 6.07) is 8.06. The van der Waals surface area contributed by atoms with E-state index in [0.29, 0.717) is 24.7 Å². The molecule has 1 fully saturated rings. The van der Waals surface area contributed by atoms with Gasteiger partial charge in [0, 0.05) is 18.1 Å². The lowest BCUT2D eigenvalue weighted by Gasteiger charge is -2.28. The molecule has 0 amide bonds. The lowest BCUT2D eigenvalue weighted by molar-refractivity contribution is 0.0524. The van der Waals surface area contributed by atoms with Crippen molar-refractivity contribution in [3.8, 4) is 5.69 Å². The largest absolute Gasteiger partial charge is 0.494 e. The van der Waals surface area contributed by atoms with Crippen molar-refractivity contribution in [2.24, 2.45) is 0 Å². The van der Waals surface area contributed by atoms with Gasteiger partial charge in [0.25, 0.3) is 0 Å². The Morgan fingerprint density at radius 3 is 2.58 bits per heavy atom. The predicted molar refractivity (Wildman–Crippen MR) is 123 cm³/mol. The van der Waals surface area contributed by atoms with E-state index in [2.05, 4.69) is 25.9 Å². The molecule has 1 heterocycles. The van der Waals surface area contributed by atoms with E-state index in [4.69, 9.17) is 14.0 Å². The van der Waals surface area contributed by atoms with Gasteiger partial charge in [-0.15, -0.1) is 0 Å². The van der Waals surface area contributed by atoms with Gasteiger partial charge in [-0.25, -0.2) is 9.48 Å². The average Bonchev–Trinajstić information content (AvgIpc) is 3.43. The fraction of sp³-hybridized carbons (Fsp3) is 0.583. The van der Waals surface area contributed by atoms with Gasteiger partial charge in [-0.05, 0) is 64.6 Å². The molecule has 0 aliphatic heterocycles. The Morgan fingerprint density at radius 1 is 1.19 bits per heavy atom. The fourth-order valence-corrected chi connectivity index (χ4v) is 4.05. The molecule has 1 saturated carbocycles. The molecule has 3 rings (SSSR count). The summed E-state index contributed by atoms with van der Waals surface area (Å²) in [5.74, 6) is 0.00977. The van der Waals surface area contributed by atoms with E-state index in [1.165, 1.54) is 12.8 Å². The smallest absolute Gasteiger partial charge is 0.462 e. The molecule has 7 heteroatoms. The third kappa shape index (κ3) is 5.58. The second kappa shape index (κ2) is 10.5. The maximum absolute atomic E-state index is 12.6. The van der Waals surface area contributed by atoms with Gasteiger partial charge in [-0.1, -0.05) is 31.9 Å². The maximum atomic E-state index is 12.6. The van der Waals surface area contributed by atoms with Crippen LogP contribution in [0.2, 0.25) is 0 Å². The highest BCUT2D eigenvalue weighted by Crippen LogP contribution is 2.37. The van der Waals surface area contributed by atoms with Crippen LogP contribution >= 0.6 is 0 Å². The second-order valence-electron chi connectivity index (χ2n) is 8.67. The van der Waals surface area contributed by atoms with E-state index in [0.717, 1.165) is 36.1 Å². The van der Waals surface area contributed by atoms with Crippen molar-refractivity contribution in [3.05, 3.63) is 41.7 Å². The van der Waals surface area contributed by atoms with Crippen LogP contribution in [-0.4, -0.2) is 41.7 Å². The molecule has 1 aliphatic carbocycles. The first-order chi connectivity index (χ1) is 14.9. The van der Waals surface area contributed by atoms with Gasteiger partial charge in [-0.2, -0.15) is 5.10 Å². The molecule has 1 aromatic heterocycles. The summed E-state index contributed by atoms with van der Waals surface area (Å²) < 4.78 is 19.4. The maximum Gasteiger partial charge on any atom is 0.494 e. The number of aromatic nitrogens is 2. The van der Waals surface area contributed by atoms with Crippen LogP contribution in [0.15, 0.2) is 30.5 Å². The zero-order valence-corrected chi connectivity index (χ0v) is 19.5. The molecule has 0 radical (unpaired) electrons. The zero-order chi connectivity index (χ0) is 22.4. The molecule has 0 bridgehead atoms. The molecule has 1 aliphatic rings. The van der Waals surface area contributed by atoms with Crippen LogP contribution < -0.4 is 5.46 Å². The van der Waals surface area contributed by atoms with Crippen LogP contribution in [0.1, 0.15) is 88.7 Å². The quantitative estimate of drug-likeness (QED) is 0.409. The first kappa shape index (κ1) is 23.5. The van der Waals surface area contributed by atoms with Gasteiger partial charge in [0.15, 0.2) is 0 Å². The van der Waals surface area contributed by atoms with Crippen molar-refractivity contribution in [2.75, 3.05) is 13.2 Å². The summed E-state index contributed by atoms with van der Waals surface area (Å²) in [5, 5.41) is 4.61. The highest BCUT2D eigenvalue weighted by atomic mass is 16.6. The van der Waals surface area contributed by atoms with Crippen molar-refractivity contribution < 1.29 is 18.8 Å². The topological polar surface area (TPSA) is 62.6 Å². The van der Waals surface area contributed by atoms with Crippen LogP contribution in [0.4, 0.5) is 0 Å². The molecule has 2 aromatic rings. The van der Waals surface area contributed by atoms with E-state index in [9.17, 15) is 4.79 Å². The number of benzene rings is 1. The monoisotopic (exact) mass is 426 g/mol.